The lowest BCUT2D eigenvalue weighted by Crippen LogP contribution is -1.86. The van der Waals surface area contributed by atoms with E-state index >= 15 is 0 Å². The van der Waals surface area contributed by atoms with Gasteiger partial charge in [0, 0.05) is 16.5 Å². The molecule has 2 aromatic rings. The van der Waals surface area contributed by atoms with Gasteiger partial charge in [-0.3, -0.25) is 0 Å². The largest absolute Gasteiger partial charge is 0.303 e. The maximum Gasteiger partial charge on any atom is 0.124 e. The zero-order valence-corrected chi connectivity index (χ0v) is 10.5. The van der Waals surface area contributed by atoms with E-state index in [9.17, 15) is 4.79 Å². The molecule has 0 aliphatic carbocycles. The first-order chi connectivity index (χ1) is 8.19. The lowest BCUT2D eigenvalue weighted by molar-refractivity contribution is -0.107. The lowest BCUT2D eigenvalue weighted by atomic mass is 10.0. The highest BCUT2D eigenvalue weighted by Crippen LogP contribution is 2.27. The molecule has 3 heteroatoms. The summed E-state index contributed by atoms with van der Waals surface area (Å²) >= 11 is 11.9. The third-order valence-corrected chi connectivity index (χ3v) is 2.88. The molecular weight excluding hydrogens is 255 g/mol. The molecule has 2 rings (SSSR count). The summed E-state index contributed by atoms with van der Waals surface area (Å²) in [6.45, 7) is 0. The number of hydrogen-bond donors (Lipinski definition) is 0. The predicted octanol–water partition coefficient (Wildman–Crippen LogP) is 4.40. The first-order valence-electron chi connectivity index (χ1n) is 5.18. The molecule has 0 fully saturated rings. The van der Waals surface area contributed by atoms with Gasteiger partial charge in [-0.05, 0) is 34.9 Å². The standard InChI is InChI=1S/C14H10Cl2O/c15-13-7-12(8-14(16)9-13)11-3-1-2-10(6-11)4-5-17/h1-3,5-9H,4H2. The average Bonchev–Trinajstić information content (AvgIpc) is 2.28. The normalized spacial score (nSPS) is 10.2. The van der Waals surface area contributed by atoms with E-state index in [0.717, 1.165) is 23.0 Å². The summed E-state index contributed by atoms with van der Waals surface area (Å²) in [6.07, 6.45) is 1.31. The van der Waals surface area contributed by atoms with Gasteiger partial charge >= 0.3 is 0 Å². The fraction of sp³-hybridized carbons (Fsp3) is 0.0714. The van der Waals surface area contributed by atoms with Crippen molar-refractivity contribution in [2.24, 2.45) is 0 Å². The van der Waals surface area contributed by atoms with Gasteiger partial charge in [-0.25, -0.2) is 0 Å². The molecule has 86 valence electrons. The minimum atomic E-state index is 0.419. The molecule has 0 heterocycles. The second kappa shape index (κ2) is 5.35. The van der Waals surface area contributed by atoms with Gasteiger partial charge in [-0.15, -0.1) is 0 Å². The van der Waals surface area contributed by atoms with Crippen molar-refractivity contribution in [1.82, 2.24) is 0 Å². The number of hydrogen-bond acceptors (Lipinski definition) is 1. The smallest absolute Gasteiger partial charge is 0.124 e. The van der Waals surface area contributed by atoms with Gasteiger partial charge in [-0.2, -0.15) is 0 Å². The average molecular weight is 265 g/mol. The molecular formula is C14H10Cl2O. The van der Waals surface area contributed by atoms with Crippen LogP contribution < -0.4 is 0 Å². The number of carbonyl (C=O) groups excluding carboxylic acids is 1. The van der Waals surface area contributed by atoms with Gasteiger partial charge in [0.05, 0.1) is 0 Å². The van der Waals surface area contributed by atoms with Gasteiger partial charge in [0.1, 0.15) is 6.29 Å². The highest BCUT2D eigenvalue weighted by Gasteiger charge is 2.02. The Kier molecular flexibility index (Phi) is 3.82. The maximum atomic E-state index is 10.5. The summed E-state index contributed by atoms with van der Waals surface area (Å²) in [5, 5.41) is 1.21. The summed E-state index contributed by atoms with van der Waals surface area (Å²) in [7, 11) is 0. The van der Waals surface area contributed by atoms with Gasteiger partial charge < -0.3 is 4.79 Å². The molecule has 0 bridgehead atoms. The summed E-state index contributed by atoms with van der Waals surface area (Å²) in [4.78, 5) is 10.5. The Morgan fingerprint density at radius 1 is 0.941 bits per heavy atom. The van der Waals surface area contributed by atoms with Crippen LogP contribution in [0.15, 0.2) is 42.5 Å². The van der Waals surface area contributed by atoms with E-state index < -0.39 is 0 Å². The first kappa shape index (κ1) is 12.2. The molecule has 0 N–H and O–H groups in total. The maximum absolute atomic E-state index is 10.5. The Labute approximate surface area is 110 Å². The molecule has 0 amide bonds. The van der Waals surface area contributed by atoms with Crippen molar-refractivity contribution >= 4 is 29.5 Å². The van der Waals surface area contributed by atoms with Crippen LogP contribution in [0.4, 0.5) is 0 Å². The van der Waals surface area contributed by atoms with Crippen molar-refractivity contribution in [2.75, 3.05) is 0 Å². The molecule has 0 aliphatic rings. The van der Waals surface area contributed by atoms with E-state index in [1.54, 1.807) is 6.07 Å². The molecule has 1 nitrogen and oxygen atoms in total. The monoisotopic (exact) mass is 264 g/mol. The van der Waals surface area contributed by atoms with E-state index in [2.05, 4.69) is 0 Å². The SMILES string of the molecule is O=CCc1cccc(-c2cc(Cl)cc(Cl)c2)c1. The Hall–Kier alpha value is -1.31. The summed E-state index contributed by atoms with van der Waals surface area (Å²) < 4.78 is 0. The second-order valence-electron chi connectivity index (χ2n) is 3.73. The highest BCUT2D eigenvalue weighted by atomic mass is 35.5. The van der Waals surface area contributed by atoms with Crippen molar-refractivity contribution in [1.29, 1.82) is 0 Å². The molecule has 0 saturated carbocycles. The van der Waals surface area contributed by atoms with Crippen LogP contribution in [0.3, 0.4) is 0 Å². The summed E-state index contributed by atoms with van der Waals surface area (Å²) in [5.74, 6) is 0. The number of aldehydes is 1. The molecule has 0 spiro atoms. The number of carbonyl (C=O) groups is 1. The first-order valence-corrected chi connectivity index (χ1v) is 5.93. The third kappa shape index (κ3) is 3.09. The second-order valence-corrected chi connectivity index (χ2v) is 4.60. The molecule has 0 saturated heterocycles. The van der Waals surface area contributed by atoms with Gasteiger partial charge in [-0.1, -0.05) is 47.5 Å². The Morgan fingerprint density at radius 2 is 1.65 bits per heavy atom. The molecule has 0 unspecified atom stereocenters. The predicted molar refractivity (Wildman–Crippen MR) is 71.7 cm³/mol. The van der Waals surface area contributed by atoms with Crippen molar-refractivity contribution in [2.45, 2.75) is 6.42 Å². The fourth-order valence-electron chi connectivity index (χ4n) is 1.69. The minimum Gasteiger partial charge on any atom is -0.303 e. The van der Waals surface area contributed by atoms with Gasteiger partial charge in [0.15, 0.2) is 0 Å². The van der Waals surface area contributed by atoms with Crippen LogP contribution in [0.5, 0.6) is 0 Å². The zero-order chi connectivity index (χ0) is 12.3. The van der Waals surface area contributed by atoms with Crippen molar-refractivity contribution in [3.05, 3.63) is 58.1 Å². The Bertz CT molecular complexity index is 529. The van der Waals surface area contributed by atoms with E-state index in [1.807, 2.05) is 36.4 Å². The number of halogens is 2. The molecule has 17 heavy (non-hydrogen) atoms. The molecule has 0 aromatic heterocycles. The van der Waals surface area contributed by atoms with Crippen molar-refractivity contribution in [3.63, 3.8) is 0 Å². The van der Waals surface area contributed by atoms with Crippen LogP contribution in [0.1, 0.15) is 5.56 Å². The highest BCUT2D eigenvalue weighted by molar-refractivity contribution is 6.35. The van der Waals surface area contributed by atoms with Crippen LogP contribution >= 0.6 is 23.2 Å². The van der Waals surface area contributed by atoms with Crippen LogP contribution in [0.25, 0.3) is 11.1 Å². The summed E-state index contributed by atoms with van der Waals surface area (Å²) in [6, 6.07) is 13.2. The number of benzene rings is 2. The van der Waals surface area contributed by atoms with Crippen LogP contribution in [0.2, 0.25) is 10.0 Å². The third-order valence-electron chi connectivity index (χ3n) is 2.44. The fourth-order valence-corrected chi connectivity index (χ4v) is 2.22. The number of rotatable bonds is 3. The van der Waals surface area contributed by atoms with Crippen LogP contribution in [0, 0.1) is 0 Å². The molecule has 0 aliphatic heterocycles. The topological polar surface area (TPSA) is 17.1 Å². The molecule has 0 radical (unpaired) electrons. The van der Waals surface area contributed by atoms with Gasteiger partial charge in [0.25, 0.3) is 0 Å². The van der Waals surface area contributed by atoms with Crippen molar-refractivity contribution in [3.8, 4) is 11.1 Å². The summed E-state index contributed by atoms with van der Waals surface area (Å²) in [5.41, 5.74) is 2.94. The zero-order valence-electron chi connectivity index (χ0n) is 8.99. The Morgan fingerprint density at radius 3 is 2.29 bits per heavy atom. The van der Waals surface area contributed by atoms with E-state index in [4.69, 9.17) is 23.2 Å². The van der Waals surface area contributed by atoms with E-state index in [1.165, 1.54) is 0 Å². The molecule has 2 aromatic carbocycles. The Balaban J connectivity index is 2.44. The minimum absolute atomic E-state index is 0.419. The van der Waals surface area contributed by atoms with Gasteiger partial charge in [0.2, 0.25) is 0 Å². The van der Waals surface area contributed by atoms with Crippen LogP contribution in [-0.2, 0) is 11.2 Å². The van der Waals surface area contributed by atoms with E-state index in [0.29, 0.717) is 16.5 Å². The van der Waals surface area contributed by atoms with Crippen molar-refractivity contribution < 1.29 is 4.79 Å². The quantitative estimate of drug-likeness (QED) is 0.751. The lowest BCUT2D eigenvalue weighted by Gasteiger charge is -2.05. The van der Waals surface area contributed by atoms with Crippen LogP contribution in [-0.4, -0.2) is 6.29 Å². The molecule has 0 atom stereocenters. The van der Waals surface area contributed by atoms with E-state index in [-0.39, 0.29) is 0 Å².